The third-order valence-corrected chi connectivity index (χ3v) is 9.97. The van der Waals surface area contributed by atoms with Gasteiger partial charge < -0.3 is 14.5 Å². The molecule has 52 heavy (non-hydrogen) atoms. The van der Waals surface area contributed by atoms with E-state index in [1.165, 1.54) is 27.1 Å². The maximum Gasteiger partial charge on any atom is 0.159 e. The van der Waals surface area contributed by atoms with Gasteiger partial charge >= 0.3 is 0 Å². The van der Waals surface area contributed by atoms with Crippen molar-refractivity contribution in [1.82, 2.24) is 14.5 Å². The van der Waals surface area contributed by atoms with Gasteiger partial charge in [-0.1, -0.05) is 109 Å². The molecule has 0 aliphatic carbocycles. The van der Waals surface area contributed by atoms with Gasteiger partial charge in [-0.15, -0.1) is 0 Å². The van der Waals surface area contributed by atoms with Crippen LogP contribution in [0.1, 0.15) is 28.4 Å². The lowest BCUT2D eigenvalue weighted by Gasteiger charge is -2.24. The molecule has 1 aliphatic heterocycles. The summed E-state index contributed by atoms with van der Waals surface area (Å²) in [4.78, 5) is 10.2. The van der Waals surface area contributed by atoms with Crippen LogP contribution >= 0.6 is 0 Å². The van der Waals surface area contributed by atoms with Crippen molar-refractivity contribution in [1.29, 1.82) is 5.26 Å². The summed E-state index contributed by atoms with van der Waals surface area (Å²) in [5.74, 6) is 1.30. The van der Waals surface area contributed by atoms with Crippen LogP contribution in [0.2, 0.25) is 0 Å². The molecule has 0 spiro atoms. The Labute approximate surface area is 299 Å². The number of aromatic nitrogens is 2. The molecule has 1 atom stereocenters. The van der Waals surface area contributed by atoms with E-state index in [1.807, 2.05) is 36.4 Å². The number of nitriles is 1. The second-order valence-electron chi connectivity index (χ2n) is 13.0. The highest BCUT2D eigenvalue weighted by Crippen LogP contribution is 2.39. The first-order valence-electron chi connectivity index (χ1n) is 17.3. The molecule has 244 valence electrons. The Hall–Kier alpha value is -7.23. The molecule has 7 aromatic carbocycles. The second-order valence-corrected chi connectivity index (χ2v) is 13.0. The zero-order valence-electron chi connectivity index (χ0n) is 28.0. The van der Waals surface area contributed by atoms with Crippen molar-refractivity contribution in [3.8, 4) is 17.4 Å². The highest BCUT2D eigenvalue weighted by atomic mass is 15.2. The molecule has 1 aliphatic rings. The third-order valence-electron chi connectivity index (χ3n) is 9.97. The van der Waals surface area contributed by atoms with Gasteiger partial charge in [0, 0.05) is 44.0 Å². The fourth-order valence-electron chi connectivity index (χ4n) is 7.62. The van der Waals surface area contributed by atoms with E-state index >= 15 is 0 Å². The molecule has 0 saturated carbocycles. The normalized spacial score (nSPS) is 14.3. The molecule has 0 radical (unpaired) electrons. The topological polar surface area (TPSA) is 70.4 Å². The first kappa shape index (κ1) is 29.7. The van der Waals surface area contributed by atoms with Crippen molar-refractivity contribution in [3.63, 3.8) is 0 Å². The minimum atomic E-state index is -0.348. The summed E-state index contributed by atoms with van der Waals surface area (Å²) in [6.45, 7) is 0. The van der Waals surface area contributed by atoms with Crippen LogP contribution in [0.5, 0.6) is 0 Å². The minimum Gasteiger partial charge on any atom is -0.344 e. The molecule has 2 aromatic heterocycles. The molecule has 10 rings (SSSR count). The molecule has 1 unspecified atom stereocenters. The van der Waals surface area contributed by atoms with Gasteiger partial charge in [0.2, 0.25) is 0 Å². The van der Waals surface area contributed by atoms with Crippen LogP contribution in [0.25, 0.3) is 55.0 Å². The molecule has 0 fully saturated rings. The largest absolute Gasteiger partial charge is 0.344 e. The van der Waals surface area contributed by atoms with E-state index < -0.39 is 0 Å². The fraction of sp³-hybridized carbons (Fsp3) is 0.0217. The van der Waals surface area contributed by atoms with E-state index in [-0.39, 0.29) is 6.17 Å². The monoisotopic (exact) mass is 666 g/mol. The van der Waals surface area contributed by atoms with Crippen LogP contribution in [0.4, 0.5) is 0 Å². The maximum absolute atomic E-state index is 9.62. The van der Waals surface area contributed by atoms with E-state index in [9.17, 15) is 5.26 Å². The number of rotatable bonds is 5. The summed E-state index contributed by atoms with van der Waals surface area (Å²) in [6, 6.07) is 61.0. The summed E-state index contributed by atoms with van der Waals surface area (Å²) >= 11 is 0. The Morgan fingerprint density at radius 2 is 1.10 bits per heavy atom. The van der Waals surface area contributed by atoms with Gasteiger partial charge in [0.1, 0.15) is 12.0 Å². The summed E-state index contributed by atoms with van der Waals surface area (Å²) in [5, 5.41) is 18.0. The average Bonchev–Trinajstić information content (AvgIpc) is 3.72. The molecule has 0 bridgehead atoms. The van der Waals surface area contributed by atoms with Gasteiger partial charge in [-0.2, -0.15) is 5.26 Å². The first-order valence-corrected chi connectivity index (χ1v) is 17.3. The Morgan fingerprint density at radius 3 is 1.81 bits per heavy atom. The average molecular weight is 667 g/mol. The number of hydrogen-bond donors (Lipinski definition) is 1. The lowest BCUT2D eigenvalue weighted by molar-refractivity contribution is 0.674. The number of amidine groups is 2. The molecule has 6 heteroatoms. The van der Waals surface area contributed by atoms with Gasteiger partial charge in [0.05, 0.1) is 33.7 Å². The standard InChI is InChI=1S/C46H30N6/c47-29-30-13-11-16-32(25-30)45-48-44(31-14-3-1-4-15-31)49-46(50-45)33-17-12-20-35(26-33)52-41-24-10-8-22-37(41)39-27-38-36-21-7-9-23-40(36)51(42(38)28-43(39)52)34-18-5-2-6-19-34/h1-28,44H,(H,48,49,50). The Bertz CT molecular complexity index is 2940. The highest BCUT2D eigenvalue weighted by Gasteiger charge is 2.23. The van der Waals surface area contributed by atoms with Crippen LogP contribution < -0.4 is 5.32 Å². The SMILES string of the molecule is N#Cc1cccc(C2=NC(c3cccc(-n4c5ccccc5c5cc6c7ccccc7n(-c7ccccc7)c6cc54)c3)=NC(c3ccccc3)N2)c1. The first-order chi connectivity index (χ1) is 25.7. The van der Waals surface area contributed by atoms with Crippen molar-refractivity contribution in [2.45, 2.75) is 6.17 Å². The Balaban J connectivity index is 1.19. The van der Waals surface area contributed by atoms with Crippen molar-refractivity contribution in [2.24, 2.45) is 9.98 Å². The van der Waals surface area contributed by atoms with Gasteiger partial charge in [0.25, 0.3) is 0 Å². The molecule has 9 aromatic rings. The van der Waals surface area contributed by atoms with E-state index in [2.05, 4.69) is 148 Å². The third kappa shape index (κ3) is 4.79. The van der Waals surface area contributed by atoms with Crippen molar-refractivity contribution >= 4 is 55.3 Å². The number of benzene rings is 7. The van der Waals surface area contributed by atoms with Crippen LogP contribution in [-0.4, -0.2) is 20.8 Å². The number of para-hydroxylation sites is 3. The summed E-state index contributed by atoms with van der Waals surface area (Å²) < 4.78 is 4.73. The van der Waals surface area contributed by atoms with Crippen molar-refractivity contribution < 1.29 is 0 Å². The molecular formula is C46H30N6. The minimum absolute atomic E-state index is 0.348. The second kappa shape index (κ2) is 12.0. The number of fused-ring (bicyclic) bond motifs is 6. The summed E-state index contributed by atoms with van der Waals surface area (Å²) in [5.41, 5.74) is 10.1. The van der Waals surface area contributed by atoms with Crippen molar-refractivity contribution in [2.75, 3.05) is 0 Å². The van der Waals surface area contributed by atoms with E-state index in [0.717, 1.165) is 44.6 Å². The van der Waals surface area contributed by atoms with Crippen LogP contribution in [0.3, 0.4) is 0 Å². The molecule has 1 N–H and O–H groups in total. The molecular weight excluding hydrogens is 637 g/mol. The number of nitrogens with zero attached hydrogens (tertiary/aromatic N) is 5. The lowest BCUT2D eigenvalue weighted by atomic mass is 10.1. The predicted octanol–water partition coefficient (Wildman–Crippen LogP) is 10.2. The smallest absolute Gasteiger partial charge is 0.159 e. The zero-order valence-corrected chi connectivity index (χ0v) is 28.0. The van der Waals surface area contributed by atoms with Gasteiger partial charge in [0.15, 0.2) is 5.84 Å². The zero-order chi connectivity index (χ0) is 34.6. The number of aliphatic imine (C=N–C) groups is 2. The number of hydrogen-bond acceptors (Lipinski definition) is 4. The van der Waals surface area contributed by atoms with Gasteiger partial charge in [-0.05, 0) is 66.2 Å². The van der Waals surface area contributed by atoms with Gasteiger partial charge in [-0.3, -0.25) is 0 Å². The lowest BCUT2D eigenvalue weighted by Crippen LogP contribution is -2.33. The predicted molar refractivity (Wildman–Crippen MR) is 212 cm³/mol. The van der Waals surface area contributed by atoms with Crippen LogP contribution in [0, 0.1) is 11.3 Å². The van der Waals surface area contributed by atoms with Gasteiger partial charge in [-0.25, -0.2) is 9.98 Å². The van der Waals surface area contributed by atoms with Crippen LogP contribution in [-0.2, 0) is 0 Å². The highest BCUT2D eigenvalue weighted by molar-refractivity contribution is 6.19. The molecule has 3 heterocycles. The van der Waals surface area contributed by atoms with E-state index in [0.29, 0.717) is 17.2 Å². The molecule has 0 saturated heterocycles. The number of nitrogens with one attached hydrogen (secondary N) is 1. The van der Waals surface area contributed by atoms with Crippen LogP contribution in [0.15, 0.2) is 180 Å². The quantitative estimate of drug-likeness (QED) is 0.199. The van der Waals surface area contributed by atoms with E-state index in [1.54, 1.807) is 6.07 Å². The van der Waals surface area contributed by atoms with Crippen molar-refractivity contribution in [3.05, 3.63) is 192 Å². The maximum atomic E-state index is 9.62. The summed E-state index contributed by atoms with van der Waals surface area (Å²) in [6.07, 6.45) is -0.348. The molecule has 0 amide bonds. The molecule has 6 nitrogen and oxygen atoms in total. The van der Waals surface area contributed by atoms with E-state index in [4.69, 9.17) is 9.98 Å². The summed E-state index contributed by atoms with van der Waals surface area (Å²) in [7, 11) is 0. The Morgan fingerprint density at radius 1 is 0.500 bits per heavy atom. The Kier molecular flexibility index (Phi) is 6.83. The fourth-order valence-corrected chi connectivity index (χ4v) is 7.62.